The molecular weight excluding hydrogens is 428 g/mol. The fourth-order valence-electron chi connectivity index (χ4n) is 5.49. The van der Waals surface area contributed by atoms with Crippen LogP contribution in [0.15, 0.2) is 22.7 Å². The number of Topliss-reactive ketones (excluding diaryl/α,β-unsaturated/α-hetero) is 1. The van der Waals surface area contributed by atoms with Gasteiger partial charge in [-0.3, -0.25) is 14.9 Å². The fourth-order valence-corrected chi connectivity index (χ4v) is 5.49. The number of carbonyl (C=O) groups excluding carboxylic acids is 1. The minimum atomic E-state index is -0.945. The topological polar surface area (TPSA) is 92.4 Å². The second-order valence-electron chi connectivity index (χ2n) is 11.0. The van der Waals surface area contributed by atoms with Crippen molar-refractivity contribution < 1.29 is 19.2 Å². The Hall–Kier alpha value is -2.47. The molecule has 1 atom stereocenters. The molecule has 0 bridgehead atoms. The molecule has 2 aliphatic rings. The summed E-state index contributed by atoms with van der Waals surface area (Å²) in [7, 11) is 0. The van der Waals surface area contributed by atoms with Crippen molar-refractivity contribution in [1.82, 2.24) is 10.5 Å². The summed E-state index contributed by atoms with van der Waals surface area (Å²) in [5.74, 6) is 2.37. The number of ketones is 1. The zero-order valence-electron chi connectivity index (χ0n) is 20.9. The minimum absolute atomic E-state index is 0.0711. The molecule has 1 aromatic carbocycles. The summed E-state index contributed by atoms with van der Waals surface area (Å²) in [5.41, 5.74) is 5.19. The maximum absolute atomic E-state index is 13.1. The van der Waals surface area contributed by atoms with Gasteiger partial charge in [-0.15, -0.1) is 0 Å². The van der Waals surface area contributed by atoms with Crippen molar-refractivity contribution in [2.75, 3.05) is 6.54 Å². The molecule has 6 heteroatoms. The summed E-state index contributed by atoms with van der Waals surface area (Å²) in [6.45, 7) is 8.38. The molecule has 2 saturated carbocycles. The first kappa shape index (κ1) is 24.6. The van der Waals surface area contributed by atoms with Gasteiger partial charge in [0, 0.05) is 24.3 Å². The van der Waals surface area contributed by atoms with Gasteiger partial charge >= 0.3 is 5.97 Å². The highest BCUT2D eigenvalue weighted by Gasteiger charge is 2.41. The second kappa shape index (κ2) is 10.4. The normalized spacial score (nSPS) is 20.9. The highest BCUT2D eigenvalue weighted by atomic mass is 16.5. The van der Waals surface area contributed by atoms with Gasteiger partial charge in [0.25, 0.3) is 0 Å². The zero-order valence-corrected chi connectivity index (χ0v) is 20.9. The van der Waals surface area contributed by atoms with Gasteiger partial charge in [-0.2, -0.15) is 0 Å². The summed E-state index contributed by atoms with van der Waals surface area (Å²) in [4.78, 5) is 24.4. The lowest BCUT2D eigenvalue weighted by atomic mass is 9.69. The number of hydrogen-bond donors (Lipinski definition) is 2. The number of aromatic nitrogens is 1. The molecular formula is C28H38N2O4. The van der Waals surface area contributed by atoms with Crippen LogP contribution in [0, 0.1) is 25.7 Å². The van der Waals surface area contributed by atoms with Crippen molar-refractivity contribution in [2.24, 2.45) is 11.8 Å². The zero-order chi connectivity index (χ0) is 24.4. The fraction of sp³-hybridized carbons (Fsp3) is 0.607. The van der Waals surface area contributed by atoms with Gasteiger partial charge in [-0.25, -0.2) is 0 Å². The van der Waals surface area contributed by atoms with Crippen LogP contribution in [0.1, 0.15) is 104 Å². The Morgan fingerprint density at radius 1 is 1.18 bits per heavy atom. The lowest BCUT2D eigenvalue weighted by Crippen LogP contribution is -2.30. The molecule has 0 spiro atoms. The van der Waals surface area contributed by atoms with E-state index < -0.39 is 12.0 Å². The largest absolute Gasteiger partial charge is 0.480 e. The average Bonchev–Trinajstić information content (AvgIpc) is 3.48. The molecule has 4 rings (SSSR count). The third-order valence-electron chi connectivity index (χ3n) is 7.33. The Balaban J connectivity index is 1.52. The van der Waals surface area contributed by atoms with Crippen LogP contribution in [0.4, 0.5) is 0 Å². The Morgan fingerprint density at radius 2 is 1.91 bits per heavy atom. The van der Waals surface area contributed by atoms with Crippen molar-refractivity contribution in [3.63, 3.8) is 0 Å². The van der Waals surface area contributed by atoms with Crippen LogP contribution in [0.3, 0.4) is 0 Å². The summed E-state index contributed by atoms with van der Waals surface area (Å²) in [6.07, 6.45) is 6.24. The standard InChI is InChI=1S/C28H38N2O4/c1-16(2)9-19-11-22(12-19)28-26(20-7-8-20)27(30-34-28)24(29-15-25(32)33)14-23(31)13-21-6-5-17(3)10-18(21)4/h5-6,10,16,19-20,22,24,29H,7-9,11-15H2,1-4H3,(H,32,33). The second-order valence-corrected chi connectivity index (χ2v) is 11.0. The molecule has 2 N–H and O–H groups in total. The molecule has 184 valence electrons. The van der Waals surface area contributed by atoms with Gasteiger partial charge in [0.15, 0.2) is 0 Å². The number of rotatable bonds is 12. The molecule has 0 radical (unpaired) electrons. The van der Waals surface area contributed by atoms with E-state index in [0.29, 0.717) is 24.2 Å². The molecule has 2 fully saturated rings. The predicted octanol–water partition coefficient (Wildman–Crippen LogP) is 5.63. The number of aryl methyl sites for hydroxylation is 2. The van der Waals surface area contributed by atoms with Crippen molar-refractivity contribution in [1.29, 1.82) is 0 Å². The number of aliphatic carboxylic acids is 1. The number of carboxylic acids is 1. The van der Waals surface area contributed by atoms with E-state index in [2.05, 4.69) is 30.4 Å². The van der Waals surface area contributed by atoms with Crippen LogP contribution in [-0.4, -0.2) is 28.6 Å². The van der Waals surface area contributed by atoms with Crippen LogP contribution in [0.5, 0.6) is 0 Å². The molecule has 0 aliphatic heterocycles. The van der Waals surface area contributed by atoms with E-state index in [9.17, 15) is 14.7 Å². The summed E-state index contributed by atoms with van der Waals surface area (Å²) in [6, 6.07) is 5.67. The average molecular weight is 467 g/mol. The van der Waals surface area contributed by atoms with E-state index in [1.165, 1.54) is 12.0 Å². The Morgan fingerprint density at radius 3 is 2.53 bits per heavy atom. The monoisotopic (exact) mass is 466 g/mol. The highest BCUT2D eigenvalue weighted by molar-refractivity contribution is 5.82. The van der Waals surface area contributed by atoms with Crippen LogP contribution in [-0.2, 0) is 16.0 Å². The van der Waals surface area contributed by atoms with Gasteiger partial charge in [-0.05, 0) is 74.8 Å². The molecule has 2 aliphatic carbocycles. The lowest BCUT2D eigenvalue weighted by Gasteiger charge is -2.35. The Labute approximate surface area is 202 Å². The SMILES string of the molecule is Cc1ccc(CC(=O)CC(NCC(=O)O)c2noc(C3CC(CC(C)C)C3)c2C2CC2)c(C)c1. The number of carboxylic acid groups (broad SMARTS) is 1. The van der Waals surface area contributed by atoms with Gasteiger partial charge in [0.1, 0.15) is 17.2 Å². The Bertz CT molecular complexity index is 1030. The van der Waals surface area contributed by atoms with Gasteiger partial charge in [0.2, 0.25) is 0 Å². The van der Waals surface area contributed by atoms with E-state index >= 15 is 0 Å². The third-order valence-corrected chi connectivity index (χ3v) is 7.33. The molecule has 0 amide bonds. The number of hydrogen-bond acceptors (Lipinski definition) is 5. The van der Waals surface area contributed by atoms with Crippen molar-refractivity contribution in [3.05, 3.63) is 51.9 Å². The molecule has 0 saturated heterocycles. The van der Waals surface area contributed by atoms with Crippen LogP contribution < -0.4 is 5.32 Å². The van der Waals surface area contributed by atoms with Crippen molar-refractivity contribution in [3.8, 4) is 0 Å². The third kappa shape index (κ3) is 5.96. The van der Waals surface area contributed by atoms with E-state index in [1.807, 2.05) is 26.0 Å². The molecule has 1 unspecified atom stereocenters. The first-order valence-corrected chi connectivity index (χ1v) is 12.7. The number of nitrogens with zero attached hydrogens (tertiary/aromatic N) is 1. The molecule has 34 heavy (non-hydrogen) atoms. The van der Waals surface area contributed by atoms with Crippen molar-refractivity contribution in [2.45, 2.75) is 90.5 Å². The Kier molecular flexibility index (Phi) is 7.56. The van der Waals surface area contributed by atoms with Gasteiger partial charge in [-0.1, -0.05) is 42.8 Å². The van der Waals surface area contributed by atoms with Gasteiger partial charge < -0.3 is 9.63 Å². The van der Waals surface area contributed by atoms with E-state index in [0.717, 1.165) is 59.7 Å². The predicted molar refractivity (Wildman–Crippen MR) is 131 cm³/mol. The van der Waals surface area contributed by atoms with Crippen LogP contribution >= 0.6 is 0 Å². The van der Waals surface area contributed by atoms with E-state index in [4.69, 9.17) is 4.52 Å². The van der Waals surface area contributed by atoms with E-state index in [1.54, 1.807) is 0 Å². The highest BCUT2D eigenvalue weighted by Crippen LogP contribution is 2.52. The van der Waals surface area contributed by atoms with Crippen LogP contribution in [0.2, 0.25) is 0 Å². The lowest BCUT2D eigenvalue weighted by molar-refractivity contribution is -0.136. The maximum Gasteiger partial charge on any atom is 0.317 e. The first-order valence-electron chi connectivity index (χ1n) is 12.7. The summed E-state index contributed by atoms with van der Waals surface area (Å²) < 4.78 is 5.93. The minimum Gasteiger partial charge on any atom is -0.480 e. The summed E-state index contributed by atoms with van der Waals surface area (Å²) >= 11 is 0. The molecule has 1 heterocycles. The van der Waals surface area contributed by atoms with Gasteiger partial charge in [0.05, 0.1) is 12.6 Å². The molecule has 2 aromatic rings. The van der Waals surface area contributed by atoms with E-state index in [-0.39, 0.29) is 18.7 Å². The number of benzene rings is 1. The number of nitrogens with one attached hydrogen (secondary N) is 1. The molecule has 1 aromatic heterocycles. The van der Waals surface area contributed by atoms with Crippen LogP contribution in [0.25, 0.3) is 0 Å². The summed E-state index contributed by atoms with van der Waals surface area (Å²) in [5, 5.41) is 16.8. The quantitative estimate of drug-likeness (QED) is 0.421. The maximum atomic E-state index is 13.1. The first-order chi connectivity index (χ1) is 16.2. The smallest absolute Gasteiger partial charge is 0.317 e. The molecule has 6 nitrogen and oxygen atoms in total. The van der Waals surface area contributed by atoms with Crippen molar-refractivity contribution >= 4 is 11.8 Å². The number of carbonyl (C=O) groups is 2.